The number of halogens is 4. The van der Waals surface area contributed by atoms with E-state index in [9.17, 15) is 4.79 Å². The van der Waals surface area contributed by atoms with Crippen LogP contribution >= 0.6 is 63.7 Å². The van der Waals surface area contributed by atoms with E-state index in [1.54, 1.807) is 0 Å². The summed E-state index contributed by atoms with van der Waals surface area (Å²) in [7, 11) is 0. The molecule has 3 nitrogen and oxygen atoms in total. The molecule has 0 saturated heterocycles. The van der Waals surface area contributed by atoms with Crippen LogP contribution in [0.3, 0.4) is 0 Å². The van der Waals surface area contributed by atoms with Gasteiger partial charge < -0.3 is 9.47 Å². The predicted octanol–water partition coefficient (Wildman–Crippen LogP) is 16.8. The second-order valence-electron chi connectivity index (χ2n) is 17.0. The van der Waals surface area contributed by atoms with Gasteiger partial charge >= 0.3 is 0 Å². The van der Waals surface area contributed by atoms with E-state index in [0.29, 0.717) is 10.7 Å². The summed E-state index contributed by atoms with van der Waals surface area (Å²) in [4.78, 5) is 14.3. The van der Waals surface area contributed by atoms with E-state index in [0.717, 1.165) is 81.6 Å². The fourth-order valence-electron chi connectivity index (χ4n) is 10.00. The van der Waals surface area contributed by atoms with Gasteiger partial charge in [-0.2, -0.15) is 0 Å². The number of fused-ring (bicyclic) bond motifs is 6. The van der Waals surface area contributed by atoms with Crippen molar-refractivity contribution in [2.45, 2.75) is 37.5 Å². The van der Waals surface area contributed by atoms with E-state index in [1.807, 2.05) is 60.7 Å². The molecule has 0 bridgehead atoms. The lowest BCUT2D eigenvalue weighted by Gasteiger charge is -2.21. The molecular weight excluding hydrogens is 1080 g/mol. The fraction of sp³-hybridized carbons (Fsp3) is 0.169. The smallest absolute Gasteiger partial charge is 0.149 e. The minimum atomic E-state index is -0.345. The Morgan fingerprint density at radius 3 is 1.27 bits per heavy atom. The molecule has 66 heavy (non-hydrogen) atoms. The number of hydrogen-bond acceptors (Lipinski definition) is 3. The van der Waals surface area contributed by atoms with Gasteiger partial charge in [0.05, 0.1) is 11.8 Å². The van der Waals surface area contributed by atoms with Gasteiger partial charge in [0.15, 0.2) is 0 Å². The Kier molecular flexibility index (Phi) is 13.6. The summed E-state index contributed by atoms with van der Waals surface area (Å²) in [5.41, 5.74) is 20.2. The summed E-state index contributed by atoms with van der Waals surface area (Å²) in [5.74, 6) is 2.44. The molecule has 0 aliphatic heterocycles. The highest BCUT2D eigenvalue weighted by atomic mass is 79.9. The molecule has 2 unspecified atom stereocenters. The van der Waals surface area contributed by atoms with Gasteiger partial charge in [-0.15, -0.1) is 0 Å². The summed E-state index contributed by atoms with van der Waals surface area (Å²) in [6.45, 7) is 0. The van der Waals surface area contributed by atoms with Crippen molar-refractivity contribution in [3.05, 3.63) is 214 Å². The van der Waals surface area contributed by atoms with Crippen molar-refractivity contribution in [3.63, 3.8) is 0 Å². The molecule has 0 fully saturated rings. The van der Waals surface area contributed by atoms with Crippen molar-refractivity contribution in [3.8, 4) is 67.5 Å². The number of carbonyl (C=O) groups is 1. The summed E-state index contributed by atoms with van der Waals surface area (Å²) in [6.07, 6.45) is 3.73. The van der Waals surface area contributed by atoms with Crippen molar-refractivity contribution in [1.82, 2.24) is 0 Å². The van der Waals surface area contributed by atoms with Gasteiger partial charge in [-0.3, -0.25) is 4.79 Å². The average molecular weight is 1120 g/mol. The lowest BCUT2D eigenvalue weighted by Crippen LogP contribution is -2.23. The minimum absolute atomic E-state index is 0.139. The monoisotopic (exact) mass is 1120 g/mol. The van der Waals surface area contributed by atoms with Gasteiger partial charge in [-0.25, -0.2) is 0 Å². The number of ketones is 1. The molecule has 0 N–H and O–H groups in total. The number of rotatable bonds is 16. The highest BCUT2D eigenvalue weighted by Crippen LogP contribution is 2.46. The van der Waals surface area contributed by atoms with Crippen LogP contribution < -0.4 is 9.47 Å². The van der Waals surface area contributed by atoms with Gasteiger partial charge in [-0.05, 0) is 163 Å². The van der Waals surface area contributed by atoms with Crippen molar-refractivity contribution < 1.29 is 14.3 Å². The topological polar surface area (TPSA) is 35.5 Å². The Labute approximate surface area is 421 Å². The first-order valence-corrected chi connectivity index (χ1v) is 26.9. The Bertz CT molecular complexity index is 2860. The molecule has 2 atom stereocenters. The summed E-state index contributed by atoms with van der Waals surface area (Å²) >= 11 is 14.8. The molecule has 0 radical (unpaired) electrons. The lowest BCUT2D eigenvalue weighted by atomic mass is 9.86. The van der Waals surface area contributed by atoms with Crippen LogP contribution in [0.1, 0.15) is 56.3 Å². The van der Waals surface area contributed by atoms with Crippen molar-refractivity contribution in [2.75, 3.05) is 21.3 Å². The second-order valence-corrected chi connectivity index (χ2v) is 19.9. The number of ether oxygens (including phenoxy) is 2. The third kappa shape index (κ3) is 8.92. The third-order valence-electron chi connectivity index (χ3n) is 13.2. The minimum Gasteiger partial charge on any atom is -0.457 e. The van der Waals surface area contributed by atoms with Crippen LogP contribution in [-0.2, 0) is 30.5 Å². The first kappa shape index (κ1) is 44.8. The molecule has 8 aromatic carbocycles. The molecule has 2 aliphatic carbocycles. The van der Waals surface area contributed by atoms with Gasteiger partial charge in [0, 0.05) is 21.3 Å². The Morgan fingerprint density at radius 2 is 0.864 bits per heavy atom. The Balaban J connectivity index is 0.829. The van der Waals surface area contributed by atoms with Crippen LogP contribution in [0.2, 0.25) is 0 Å². The van der Waals surface area contributed by atoms with E-state index >= 15 is 0 Å². The first-order valence-electron chi connectivity index (χ1n) is 22.4. The van der Waals surface area contributed by atoms with Gasteiger partial charge in [0.2, 0.25) is 0 Å². The van der Waals surface area contributed by atoms with E-state index in [2.05, 4.69) is 173 Å². The van der Waals surface area contributed by atoms with Crippen molar-refractivity contribution in [2.24, 2.45) is 0 Å². The van der Waals surface area contributed by atoms with Crippen LogP contribution in [0, 0.1) is 0 Å². The zero-order valence-electron chi connectivity index (χ0n) is 36.2. The Hall–Kier alpha value is -5.05. The molecule has 0 saturated carbocycles. The number of carbonyl (C=O) groups excluding carboxylic acids is 1. The maximum Gasteiger partial charge on any atom is 0.149 e. The predicted molar refractivity (Wildman–Crippen MR) is 286 cm³/mol. The van der Waals surface area contributed by atoms with Crippen LogP contribution in [0.25, 0.3) is 44.5 Å². The third-order valence-corrected chi connectivity index (χ3v) is 15.2. The molecule has 8 aromatic rings. The second kappa shape index (κ2) is 20.0. The largest absolute Gasteiger partial charge is 0.457 e. The SMILES string of the molecule is O=C(C(CBr)c1ccc(Oc2cccc(-c3c(CCBr)ccc4c3Cc3ccccc3-4)c2)cc1)C(CBr)c1ccc(Oc2cccc(-c3c(CCBr)ccc4c3Cc3ccccc3-4)c2)cc1. The molecule has 0 heterocycles. The van der Waals surface area contributed by atoms with Crippen molar-refractivity contribution >= 4 is 69.5 Å². The highest BCUT2D eigenvalue weighted by Gasteiger charge is 2.29. The van der Waals surface area contributed by atoms with Crippen LogP contribution in [0.5, 0.6) is 23.0 Å². The average Bonchev–Trinajstić information content (AvgIpc) is 3.92. The highest BCUT2D eigenvalue weighted by molar-refractivity contribution is 9.09. The maximum atomic E-state index is 14.3. The number of hydrogen-bond donors (Lipinski definition) is 0. The molecule has 0 spiro atoms. The van der Waals surface area contributed by atoms with E-state index in [-0.39, 0.29) is 17.6 Å². The zero-order chi connectivity index (χ0) is 45.1. The molecule has 2 aliphatic rings. The quantitative estimate of drug-likeness (QED) is 0.0905. The number of benzene rings is 8. The summed E-state index contributed by atoms with van der Waals surface area (Å²) in [5, 5.41) is 2.80. The molecule has 0 aromatic heterocycles. The molecular formula is C59H46Br4O3. The van der Waals surface area contributed by atoms with Crippen LogP contribution in [0.15, 0.2) is 170 Å². The Morgan fingerprint density at radius 1 is 0.439 bits per heavy atom. The normalized spacial score (nSPS) is 13.0. The van der Waals surface area contributed by atoms with Crippen LogP contribution in [0.4, 0.5) is 0 Å². The maximum absolute atomic E-state index is 14.3. The molecule has 328 valence electrons. The van der Waals surface area contributed by atoms with Crippen LogP contribution in [-0.4, -0.2) is 27.1 Å². The molecule has 7 heteroatoms. The van der Waals surface area contributed by atoms with E-state index < -0.39 is 0 Å². The zero-order valence-corrected chi connectivity index (χ0v) is 42.6. The number of alkyl halides is 4. The molecule has 10 rings (SSSR count). The summed E-state index contributed by atoms with van der Waals surface area (Å²) in [6, 6.07) is 59.4. The number of Topliss-reactive ketones (excluding diaryl/α,β-unsaturated/α-hetero) is 1. The van der Waals surface area contributed by atoms with Gasteiger partial charge in [-0.1, -0.05) is 185 Å². The lowest BCUT2D eigenvalue weighted by molar-refractivity contribution is -0.121. The molecule has 0 amide bonds. The fourth-order valence-corrected chi connectivity index (χ4v) is 12.2. The number of aryl methyl sites for hydroxylation is 2. The first-order chi connectivity index (χ1) is 32.4. The standard InChI is InChI=1S/C59H46Br4O3/c60-29-27-39-19-25-51-49-13-3-1-7-41(49)33-53(51)57(39)43-9-5-11-47(31-43)65-45-21-15-37(16-22-45)55(35-62)59(64)56(36-63)38-17-23-46(24-18-38)66-48-12-6-10-44(32-48)58-40(28-30-61)20-26-52-50-14-4-2-8-42(50)34-54(52)58/h1-26,31-32,55-56H,27-30,33-36H2. The van der Waals surface area contributed by atoms with E-state index in [4.69, 9.17) is 9.47 Å². The van der Waals surface area contributed by atoms with E-state index in [1.165, 1.54) is 66.8 Å². The van der Waals surface area contributed by atoms with Crippen molar-refractivity contribution in [1.29, 1.82) is 0 Å². The van der Waals surface area contributed by atoms with Gasteiger partial charge in [0.25, 0.3) is 0 Å². The van der Waals surface area contributed by atoms with Gasteiger partial charge in [0.1, 0.15) is 28.8 Å². The summed E-state index contributed by atoms with van der Waals surface area (Å²) < 4.78 is 13.0.